The predicted molar refractivity (Wildman–Crippen MR) is 105 cm³/mol. The second-order valence-electron chi connectivity index (χ2n) is 6.81. The molecule has 0 saturated carbocycles. The van der Waals surface area contributed by atoms with Crippen molar-refractivity contribution < 1.29 is 2.74 Å². The maximum absolute atomic E-state index is 8.55. The summed E-state index contributed by atoms with van der Waals surface area (Å²) in [6.07, 6.45) is 0. The van der Waals surface area contributed by atoms with E-state index in [2.05, 4.69) is 43.3 Å². The van der Waals surface area contributed by atoms with Gasteiger partial charge < -0.3 is 0 Å². The third kappa shape index (κ3) is 3.07. The van der Waals surface area contributed by atoms with Crippen molar-refractivity contribution in [3.8, 4) is 11.1 Å². The number of hydrogen-bond acceptors (Lipinski definition) is 1. The molecule has 0 amide bonds. The van der Waals surface area contributed by atoms with Gasteiger partial charge in [0.05, 0.1) is 0 Å². The highest BCUT2D eigenvalue weighted by atomic mass is 32.1. The summed E-state index contributed by atoms with van der Waals surface area (Å²) in [5.74, 6) is -1.38. The molecule has 0 radical (unpaired) electrons. The van der Waals surface area contributed by atoms with E-state index in [4.69, 9.17) is 2.74 Å². The van der Waals surface area contributed by atoms with Gasteiger partial charge in [0.15, 0.2) is 0 Å². The predicted octanol–water partition coefficient (Wildman–Crippen LogP) is 7.43. The molecule has 1 heterocycles. The van der Waals surface area contributed by atoms with Gasteiger partial charge in [0, 0.05) is 12.3 Å². The van der Waals surface area contributed by atoms with E-state index in [0.29, 0.717) is 0 Å². The molecule has 0 atom stereocenters. The Balaban J connectivity index is 2.26. The SMILES string of the molecule is [2H]C(C)(C)c1cc(-c2ccc3cc(C)sc3c2)cc(C([2H])(C)C)c1C. The minimum atomic E-state index is -0.691. The lowest BCUT2D eigenvalue weighted by atomic mass is 9.86. The van der Waals surface area contributed by atoms with Gasteiger partial charge >= 0.3 is 0 Å². The van der Waals surface area contributed by atoms with Gasteiger partial charge in [-0.2, -0.15) is 0 Å². The molecule has 0 N–H and O–H groups in total. The Labute approximate surface area is 147 Å². The summed E-state index contributed by atoms with van der Waals surface area (Å²) in [5.41, 5.74) is 5.33. The number of benzene rings is 2. The number of fused-ring (bicyclic) bond motifs is 1. The van der Waals surface area contributed by atoms with Gasteiger partial charge in [0.1, 0.15) is 0 Å². The fourth-order valence-electron chi connectivity index (χ4n) is 3.26. The normalized spacial score (nSPS) is 14.0. The maximum Gasteiger partial charge on any atom is 0.0351 e. The first-order valence-corrected chi connectivity index (χ1v) is 8.94. The molecule has 3 rings (SSSR count). The summed E-state index contributed by atoms with van der Waals surface area (Å²) in [7, 11) is 0. The van der Waals surface area contributed by atoms with Crippen molar-refractivity contribution in [2.75, 3.05) is 0 Å². The summed E-state index contributed by atoms with van der Waals surface area (Å²) in [4.78, 5) is 1.32. The van der Waals surface area contributed by atoms with Crippen molar-refractivity contribution in [3.05, 3.63) is 58.0 Å². The summed E-state index contributed by atoms with van der Waals surface area (Å²) >= 11 is 1.81. The second-order valence-corrected chi connectivity index (χ2v) is 8.09. The van der Waals surface area contributed by atoms with E-state index < -0.39 is 11.8 Å². The van der Waals surface area contributed by atoms with E-state index >= 15 is 0 Å². The standard InChI is InChI=1S/C22H26S/c1-13(2)20-10-19(11-21(14(3)4)16(20)6)17-7-8-18-9-15(5)23-22(18)12-17/h7-14H,1-6H3/i13D,14D. The molecule has 23 heavy (non-hydrogen) atoms. The zero-order chi connectivity index (χ0) is 18.6. The van der Waals surface area contributed by atoms with E-state index in [1.165, 1.54) is 15.0 Å². The molecule has 0 spiro atoms. The van der Waals surface area contributed by atoms with Gasteiger partial charge in [-0.1, -0.05) is 52.0 Å². The van der Waals surface area contributed by atoms with Crippen LogP contribution in [0.5, 0.6) is 0 Å². The van der Waals surface area contributed by atoms with Crippen molar-refractivity contribution in [1.29, 1.82) is 0 Å². The lowest BCUT2D eigenvalue weighted by molar-refractivity contribution is 0.818. The number of hydrogen-bond donors (Lipinski definition) is 0. The molecule has 0 aliphatic heterocycles. The first-order valence-electron chi connectivity index (χ1n) is 9.13. The smallest absolute Gasteiger partial charge is 0.0351 e. The minimum absolute atomic E-state index is 0.691. The zero-order valence-electron chi connectivity index (χ0n) is 16.9. The largest absolute Gasteiger partial charge is 0.141 e. The topological polar surface area (TPSA) is 0 Å². The van der Waals surface area contributed by atoms with Crippen LogP contribution in [0.25, 0.3) is 21.2 Å². The summed E-state index contributed by atoms with van der Waals surface area (Å²) in [6, 6.07) is 13.1. The van der Waals surface area contributed by atoms with Gasteiger partial charge in [0.25, 0.3) is 0 Å². The number of thiophene rings is 1. The zero-order valence-corrected chi connectivity index (χ0v) is 15.7. The number of aryl methyl sites for hydroxylation is 1. The second kappa shape index (κ2) is 6.13. The molecule has 120 valence electrons. The lowest BCUT2D eigenvalue weighted by Gasteiger charge is -2.19. The maximum atomic E-state index is 8.55. The van der Waals surface area contributed by atoms with Gasteiger partial charge in [-0.3, -0.25) is 0 Å². The molecule has 0 fully saturated rings. The van der Waals surface area contributed by atoms with Crippen molar-refractivity contribution in [3.63, 3.8) is 0 Å². The molecular weight excluding hydrogens is 296 g/mol. The number of rotatable bonds is 3. The van der Waals surface area contributed by atoms with E-state index in [9.17, 15) is 0 Å². The Morgan fingerprint density at radius 1 is 0.826 bits per heavy atom. The highest BCUT2D eigenvalue weighted by Crippen LogP contribution is 2.35. The Bertz CT molecular complexity index is 902. The van der Waals surface area contributed by atoms with E-state index in [0.717, 1.165) is 27.8 Å². The van der Waals surface area contributed by atoms with Crippen LogP contribution in [-0.2, 0) is 0 Å². The molecule has 0 unspecified atom stereocenters. The molecule has 1 heteroatoms. The molecule has 0 nitrogen and oxygen atoms in total. The van der Waals surface area contributed by atoms with Gasteiger partial charge in [-0.05, 0) is 71.0 Å². The third-order valence-electron chi connectivity index (χ3n) is 4.46. The quantitative estimate of drug-likeness (QED) is 0.470. The van der Waals surface area contributed by atoms with Crippen LogP contribution in [0, 0.1) is 13.8 Å². The fourth-order valence-corrected chi connectivity index (χ4v) is 4.23. The Hall–Kier alpha value is -1.60. The van der Waals surface area contributed by atoms with Crippen LogP contribution in [0.1, 0.15) is 63.8 Å². The molecule has 2 aromatic carbocycles. The molecule has 3 aromatic rings. The molecule has 0 aliphatic carbocycles. The fraction of sp³-hybridized carbons (Fsp3) is 0.364. The molecule has 0 aliphatic rings. The minimum Gasteiger partial charge on any atom is -0.141 e. The highest BCUT2D eigenvalue weighted by molar-refractivity contribution is 7.19. The average molecular weight is 325 g/mol. The highest BCUT2D eigenvalue weighted by Gasteiger charge is 2.14. The van der Waals surface area contributed by atoms with Crippen LogP contribution in [0.4, 0.5) is 0 Å². The third-order valence-corrected chi connectivity index (χ3v) is 5.47. The average Bonchev–Trinajstić information content (AvgIpc) is 2.84. The van der Waals surface area contributed by atoms with Crippen molar-refractivity contribution >= 4 is 21.4 Å². The van der Waals surface area contributed by atoms with Gasteiger partial charge in [-0.25, -0.2) is 0 Å². The van der Waals surface area contributed by atoms with Crippen LogP contribution in [-0.4, -0.2) is 0 Å². The molecule has 0 bridgehead atoms. The van der Waals surface area contributed by atoms with E-state index in [-0.39, 0.29) is 0 Å². The summed E-state index contributed by atoms with van der Waals surface area (Å²) < 4.78 is 18.4. The first-order chi connectivity index (χ1) is 11.5. The Morgan fingerprint density at radius 2 is 1.43 bits per heavy atom. The van der Waals surface area contributed by atoms with Crippen LogP contribution < -0.4 is 0 Å². The lowest BCUT2D eigenvalue weighted by Crippen LogP contribution is -2.00. The first kappa shape index (κ1) is 13.8. The van der Waals surface area contributed by atoms with Crippen molar-refractivity contribution in [1.82, 2.24) is 0 Å². The van der Waals surface area contributed by atoms with Crippen molar-refractivity contribution in [2.45, 2.75) is 53.3 Å². The molecule has 0 saturated heterocycles. The van der Waals surface area contributed by atoms with E-state index in [1.54, 1.807) is 0 Å². The van der Waals surface area contributed by atoms with Crippen LogP contribution in [0.2, 0.25) is 0 Å². The van der Waals surface area contributed by atoms with Crippen LogP contribution in [0.15, 0.2) is 36.4 Å². The Kier molecular flexibility index (Phi) is 3.68. The van der Waals surface area contributed by atoms with E-state index in [1.807, 2.05) is 46.0 Å². The van der Waals surface area contributed by atoms with Gasteiger partial charge in [-0.15, -0.1) is 11.3 Å². The van der Waals surface area contributed by atoms with Crippen LogP contribution in [0.3, 0.4) is 0 Å². The Morgan fingerprint density at radius 3 is 2.00 bits per heavy atom. The van der Waals surface area contributed by atoms with Crippen LogP contribution >= 0.6 is 11.3 Å². The van der Waals surface area contributed by atoms with Gasteiger partial charge in [0.2, 0.25) is 0 Å². The molecule has 1 aromatic heterocycles. The van der Waals surface area contributed by atoms with Crippen molar-refractivity contribution in [2.24, 2.45) is 0 Å². The monoisotopic (exact) mass is 324 g/mol. The molecular formula is C22H26S. The summed E-state index contributed by atoms with van der Waals surface area (Å²) in [6.45, 7) is 11.9. The summed E-state index contributed by atoms with van der Waals surface area (Å²) in [5, 5.41) is 1.28.